The standard InChI is InChI=1S/C15H18FN3O4S/c1-2-22-10-14-17-15(18-23-14)13-7-4-8-19(13)24(20,21)12-6-3-5-11(16)9-12/h3,5-6,9,13H,2,4,7-8,10H2,1H3. The van der Waals surface area contributed by atoms with E-state index in [-0.39, 0.29) is 11.5 Å². The number of ether oxygens (including phenoxy) is 1. The van der Waals surface area contributed by atoms with Crippen LogP contribution < -0.4 is 0 Å². The van der Waals surface area contributed by atoms with Crippen LogP contribution in [0, 0.1) is 5.82 Å². The van der Waals surface area contributed by atoms with Crippen molar-refractivity contribution in [3.63, 3.8) is 0 Å². The van der Waals surface area contributed by atoms with Gasteiger partial charge in [-0.1, -0.05) is 11.2 Å². The third-order valence-corrected chi connectivity index (χ3v) is 5.72. The Hall–Kier alpha value is -1.84. The van der Waals surface area contributed by atoms with Crippen LogP contribution in [0.3, 0.4) is 0 Å². The number of nitrogens with zero attached hydrogens (tertiary/aromatic N) is 3. The van der Waals surface area contributed by atoms with Gasteiger partial charge in [0.1, 0.15) is 12.4 Å². The molecule has 0 N–H and O–H groups in total. The second-order valence-electron chi connectivity index (χ2n) is 5.41. The first-order chi connectivity index (χ1) is 11.5. The topological polar surface area (TPSA) is 85.5 Å². The van der Waals surface area contributed by atoms with E-state index in [4.69, 9.17) is 9.26 Å². The third kappa shape index (κ3) is 3.33. The second kappa shape index (κ2) is 6.96. The third-order valence-electron chi connectivity index (χ3n) is 3.82. The summed E-state index contributed by atoms with van der Waals surface area (Å²) in [6.45, 7) is 2.88. The number of aromatic nitrogens is 2. The molecule has 1 aliphatic heterocycles. The summed E-state index contributed by atoms with van der Waals surface area (Å²) in [5.74, 6) is 0.0226. The molecule has 1 aromatic carbocycles. The zero-order valence-electron chi connectivity index (χ0n) is 13.2. The van der Waals surface area contributed by atoms with E-state index in [2.05, 4.69) is 10.1 Å². The molecule has 7 nitrogen and oxygen atoms in total. The van der Waals surface area contributed by atoms with Gasteiger partial charge in [0.15, 0.2) is 5.82 Å². The highest BCUT2D eigenvalue weighted by Gasteiger charge is 2.38. The van der Waals surface area contributed by atoms with Crippen LogP contribution in [-0.4, -0.2) is 36.0 Å². The van der Waals surface area contributed by atoms with E-state index >= 15 is 0 Å². The minimum atomic E-state index is -3.83. The van der Waals surface area contributed by atoms with Crippen LogP contribution in [0.25, 0.3) is 0 Å². The van der Waals surface area contributed by atoms with E-state index in [9.17, 15) is 12.8 Å². The van der Waals surface area contributed by atoms with Crippen molar-refractivity contribution in [1.29, 1.82) is 0 Å². The van der Waals surface area contributed by atoms with E-state index in [1.54, 1.807) is 0 Å². The summed E-state index contributed by atoms with van der Waals surface area (Å²) in [5.41, 5.74) is 0. The van der Waals surface area contributed by atoms with Gasteiger partial charge < -0.3 is 9.26 Å². The van der Waals surface area contributed by atoms with Crippen LogP contribution in [0.1, 0.15) is 37.5 Å². The average Bonchev–Trinajstić information content (AvgIpc) is 3.22. The molecule has 0 radical (unpaired) electrons. The molecule has 1 aromatic heterocycles. The maximum absolute atomic E-state index is 13.4. The van der Waals surface area contributed by atoms with Gasteiger partial charge in [0.25, 0.3) is 5.89 Å². The molecular formula is C15H18FN3O4S. The van der Waals surface area contributed by atoms with Crippen molar-refractivity contribution >= 4 is 10.0 Å². The molecule has 0 spiro atoms. The van der Waals surface area contributed by atoms with E-state index in [1.807, 2.05) is 6.92 Å². The molecule has 3 rings (SSSR count). The molecule has 2 aromatic rings. The minimum absolute atomic E-state index is 0.0764. The number of benzene rings is 1. The highest BCUT2D eigenvalue weighted by molar-refractivity contribution is 7.89. The first-order valence-electron chi connectivity index (χ1n) is 7.70. The van der Waals surface area contributed by atoms with Crippen LogP contribution >= 0.6 is 0 Å². The van der Waals surface area contributed by atoms with Crippen molar-refractivity contribution in [2.75, 3.05) is 13.2 Å². The Morgan fingerprint density at radius 1 is 1.46 bits per heavy atom. The smallest absolute Gasteiger partial charge is 0.252 e. The summed E-state index contributed by atoms with van der Waals surface area (Å²) in [4.78, 5) is 4.15. The zero-order chi connectivity index (χ0) is 17.2. The molecule has 0 saturated carbocycles. The average molecular weight is 355 g/mol. The number of halogens is 1. The van der Waals surface area contributed by atoms with Crippen LogP contribution in [0.15, 0.2) is 33.7 Å². The predicted octanol–water partition coefficient (Wildman–Crippen LogP) is 2.27. The van der Waals surface area contributed by atoms with Crippen molar-refractivity contribution < 1.29 is 22.1 Å². The summed E-state index contributed by atoms with van der Waals surface area (Å²) >= 11 is 0. The Morgan fingerprint density at radius 2 is 2.29 bits per heavy atom. The van der Waals surface area contributed by atoms with Crippen LogP contribution in [-0.2, 0) is 21.4 Å². The van der Waals surface area contributed by atoms with Crippen molar-refractivity contribution in [3.8, 4) is 0 Å². The number of rotatable bonds is 6. The van der Waals surface area contributed by atoms with Gasteiger partial charge in [0.05, 0.1) is 10.9 Å². The molecule has 9 heteroatoms. The van der Waals surface area contributed by atoms with Gasteiger partial charge in [-0.25, -0.2) is 12.8 Å². The molecule has 2 heterocycles. The molecule has 1 unspecified atom stereocenters. The summed E-state index contributed by atoms with van der Waals surface area (Å²) in [6.07, 6.45) is 1.26. The van der Waals surface area contributed by atoms with Crippen LogP contribution in [0.5, 0.6) is 0 Å². The molecule has 1 aliphatic rings. The Balaban J connectivity index is 1.86. The fraction of sp³-hybridized carbons (Fsp3) is 0.467. The van der Waals surface area contributed by atoms with Gasteiger partial charge in [-0.05, 0) is 38.0 Å². The quantitative estimate of drug-likeness (QED) is 0.790. The minimum Gasteiger partial charge on any atom is -0.372 e. The molecule has 24 heavy (non-hydrogen) atoms. The molecule has 0 aliphatic carbocycles. The summed E-state index contributed by atoms with van der Waals surface area (Å²) in [6, 6.07) is 4.46. The van der Waals surface area contributed by atoms with Gasteiger partial charge >= 0.3 is 0 Å². The molecule has 130 valence electrons. The van der Waals surface area contributed by atoms with E-state index in [1.165, 1.54) is 22.5 Å². The van der Waals surface area contributed by atoms with Gasteiger partial charge in [-0.2, -0.15) is 9.29 Å². The van der Waals surface area contributed by atoms with Gasteiger partial charge in [-0.15, -0.1) is 0 Å². The summed E-state index contributed by atoms with van der Waals surface area (Å²) in [7, 11) is -3.83. The molecule has 0 bridgehead atoms. The largest absolute Gasteiger partial charge is 0.372 e. The first-order valence-corrected chi connectivity index (χ1v) is 9.14. The van der Waals surface area contributed by atoms with E-state index < -0.39 is 21.9 Å². The van der Waals surface area contributed by atoms with Crippen molar-refractivity contribution in [1.82, 2.24) is 14.4 Å². The van der Waals surface area contributed by atoms with E-state index in [0.29, 0.717) is 37.7 Å². The van der Waals surface area contributed by atoms with Crippen LogP contribution in [0.4, 0.5) is 4.39 Å². The molecular weight excluding hydrogens is 337 g/mol. The first kappa shape index (κ1) is 17.0. The lowest BCUT2D eigenvalue weighted by molar-refractivity contribution is 0.109. The SMILES string of the molecule is CCOCc1nc(C2CCCN2S(=O)(=O)c2cccc(F)c2)no1. The lowest BCUT2D eigenvalue weighted by Gasteiger charge is -2.21. The van der Waals surface area contributed by atoms with Crippen molar-refractivity contribution in [3.05, 3.63) is 41.8 Å². The van der Waals surface area contributed by atoms with Crippen LogP contribution in [0.2, 0.25) is 0 Å². The molecule has 1 saturated heterocycles. The molecule has 1 atom stereocenters. The molecule has 1 fully saturated rings. The Labute approximate surface area is 139 Å². The highest BCUT2D eigenvalue weighted by Crippen LogP contribution is 2.35. The fourth-order valence-corrected chi connectivity index (χ4v) is 4.39. The lowest BCUT2D eigenvalue weighted by Crippen LogP contribution is -2.31. The Kier molecular flexibility index (Phi) is 4.93. The van der Waals surface area contributed by atoms with E-state index in [0.717, 1.165) is 6.07 Å². The lowest BCUT2D eigenvalue weighted by atomic mass is 10.2. The molecule has 0 amide bonds. The second-order valence-corrected chi connectivity index (χ2v) is 7.31. The van der Waals surface area contributed by atoms with Gasteiger partial charge in [-0.3, -0.25) is 0 Å². The normalized spacial score (nSPS) is 19.0. The number of sulfonamides is 1. The fourth-order valence-electron chi connectivity index (χ4n) is 2.70. The summed E-state index contributed by atoms with van der Waals surface area (Å²) < 4.78 is 50.6. The van der Waals surface area contributed by atoms with Gasteiger partial charge in [0, 0.05) is 13.2 Å². The maximum atomic E-state index is 13.4. The van der Waals surface area contributed by atoms with Gasteiger partial charge in [0.2, 0.25) is 10.0 Å². The zero-order valence-corrected chi connectivity index (χ0v) is 14.0. The predicted molar refractivity (Wildman–Crippen MR) is 81.9 cm³/mol. The maximum Gasteiger partial charge on any atom is 0.252 e. The number of hydrogen-bond donors (Lipinski definition) is 0. The monoisotopic (exact) mass is 355 g/mol. The Morgan fingerprint density at radius 3 is 3.04 bits per heavy atom. The Bertz CT molecular complexity index is 809. The van der Waals surface area contributed by atoms with Crippen molar-refractivity contribution in [2.24, 2.45) is 0 Å². The number of hydrogen-bond acceptors (Lipinski definition) is 6. The summed E-state index contributed by atoms with van der Waals surface area (Å²) in [5, 5.41) is 3.88. The van der Waals surface area contributed by atoms with Crippen molar-refractivity contribution in [2.45, 2.75) is 37.3 Å². The highest BCUT2D eigenvalue weighted by atomic mass is 32.2.